The van der Waals surface area contributed by atoms with Crippen molar-refractivity contribution in [2.75, 3.05) is 24.6 Å². The Hall–Kier alpha value is -1.77. The van der Waals surface area contributed by atoms with Gasteiger partial charge in [-0.15, -0.1) is 0 Å². The first-order valence-electron chi connectivity index (χ1n) is 7.95. The van der Waals surface area contributed by atoms with Crippen LogP contribution in [-0.4, -0.2) is 31.7 Å². The summed E-state index contributed by atoms with van der Waals surface area (Å²) in [5.74, 6) is -0.00943. The second-order valence-corrected chi connectivity index (χ2v) is 6.64. The number of ether oxygens (including phenoxy) is 1. The quantitative estimate of drug-likeness (QED) is 0.920. The number of rotatable bonds is 3. The fourth-order valence-electron chi connectivity index (χ4n) is 3.66. The number of nitrogens with two attached hydrogens (primary N) is 1. The Labute approximate surface area is 141 Å². The molecule has 0 aromatic heterocycles. The third-order valence-electron chi connectivity index (χ3n) is 4.94. The second-order valence-electron chi connectivity index (χ2n) is 6.23. The van der Waals surface area contributed by atoms with Crippen molar-refractivity contribution in [3.8, 4) is 6.07 Å². The van der Waals surface area contributed by atoms with E-state index in [9.17, 15) is 4.79 Å². The molecule has 2 aliphatic rings. The molecular formula is C17H20ClN3O2. The maximum Gasteiger partial charge on any atom is 0.223 e. The molecule has 2 N–H and O–H groups in total. The van der Waals surface area contributed by atoms with Crippen LogP contribution >= 0.6 is 11.6 Å². The van der Waals surface area contributed by atoms with E-state index < -0.39 is 0 Å². The van der Waals surface area contributed by atoms with Crippen LogP contribution in [0.25, 0.3) is 0 Å². The van der Waals surface area contributed by atoms with Crippen LogP contribution in [0.5, 0.6) is 0 Å². The molecule has 6 heteroatoms. The lowest BCUT2D eigenvalue weighted by atomic mass is 9.84. The number of hydrogen-bond acceptors (Lipinski definition) is 4. The van der Waals surface area contributed by atoms with Gasteiger partial charge in [0.25, 0.3) is 0 Å². The van der Waals surface area contributed by atoms with Gasteiger partial charge in [-0.05, 0) is 43.4 Å². The van der Waals surface area contributed by atoms with Gasteiger partial charge in [-0.3, -0.25) is 4.79 Å². The number of hydrogen-bond donors (Lipinski definition) is 1. The number of halogens is 1. The first-order chi connectivity index (χ1) is 11.1. The highest BCUT2D eigenvalue weighted by Crippen LogP contribution is 2.34. The van der Waals surface area contributed by atoms with E-state index in [1.54, 1.807) is 6.07 Å². The lowest BCUT2D eigenvalue weighted by Gasteiger charge is -2.37. The number of piperidine rings is 1. The van der Waals surface area contributed by atoms with Crippen molar-refractivity contribution in [3.63, 3.8) is 0 Å². The molecule has 0 aliphatic carbocycles. The molecular weight excluding hydrogens is 314 g/mol. The summed E-state index contributed by atoms with van der Waals surface area (Å²) in [6.45, 7) is 2.40. The fraction of sp³-hybridized carbons (Fsp3) is 0.529. The van der Waals surface area contributed by atoms with Crippen LogP contribution in [0, 0.1) is 23.2 Å². The van der Waals surface area contributed by atoms with E-state index in [2.05, 4.69) is 11.0 Å². The van der Waals surface area contributed by atoms with Crippen LogP contribution in [0.15, 0.2) is 18.2 Å². The van der Waals surface area contributed by atoms with Gasteiger partial charge in [-0.2, -0.15) is 5.26 Å². The van der Waals surface area contributed by atoms with Gasteiger partial charge in [-0.25, -0.2) is 0 Å². The number of carbonyl (C=O) groups is 1. The Kier molecular flexibility index (Phi) is 4.74. The van der Waals surface area contributed by atoms with Crippen LogP contribution in [0.2, 0.25) is 5.02 Å². The molecule has 2 saturated heterocycles. The van der Waals surface area contributed by atoms with Crippen molar-refractivity contribution >= 4 is 23.2 Å². The van der Waals surface area contributed by atoms with E-state index in [1.807, 2.05) is 12.1 Å². The Bertz CT molecular complexity index is 635. The van der Waals surface area contributed by atoms with E-state index in [-0.39, 0.29) is 17.9 Å². The molecule has 122 valence electrons. The standard InChI is InChI=1S/C17H20ClN3O2/c18-15-9-13(2-1-12(15)10-19)21-6-3-11(4-7-21)16-14(17(20)22)5-8-23-16/h1-2,9,11,14,16H,3-8H2,(H2,20,22)/t14-,16+/m0/s1. The molecule has 1 aromatic carbocycles. The third-order valence-corrected chi connectivity index (χ3v) is 5.26. The van der Waals surface area contributed by atoms with Crippen LogP contribution in [0.3, 0.4) is 0 Å². The van der Waals surface area contributed by atoms with E-state index in [4.69, 9.17) is 27.3 Å². The summed E-state index contributed by atoms with van der Waals surface area (Å²) >= 11 is 6.11. The van der Waals surface area contributed by atoms with Crippen LogP contribution < -0.4 is 10.6 Å². The van der Waals surface area contributed by atoms with E-state index >= 15 is 0 Å². The zero-order valence-corrected chi connectivity index (χ0v) is 13.6. The molecule has 0 saturated carbocycles. The summed E-state index contributed by atoms with van der Waals surface area (Å²) < 4.78 is 5.78. The summed E-state index contributed by atoms with van der Waals surface area (Å²) in [5.41, 5.74) is 7.01. The molecule has 1 amide bonds. The average Bonchev–Trinajstić information content (AvgIpc) is 3.05. The molecule has 3 rings (SSSR count). The molecule has 23 heavy (non-hydrogen) atoms. The Balaban J connectivity index is 1.63. The first-order valence-corrected chi connectivity index (χ1v) is 8.33. The van der Waals surface area contributed by atoms with Crippen molar-refractivity contribution in [1.29, 1.82) is 5.26 Å². The highest BCUT2D eigenvalue weighted by atomic mass is 35.5. The van der Waals surface area contributed by atoms with Gasteiger partial charge >= 0.3 is 0 Å². The number of nitrogens with zero attached hydrogens (tertiary/aromatic N) is 2. The van der Waals surface area contributed by atoms with Crippen molar-refractivity contribution < 1.29 is 9.53 Å². The molecule has 5 nitrogen and oxygen atoms in total. The van der Waals surface area contributed by atoms with Gasteiger partial charge in [0.05, 0.1) is 22.6 Å². The van der Waals surface area contributed by atoms with Crippen LogP contribution in [-0.2, 0) is 9.53 Å². The summed E-state index contributed by atoms with van der Waals surface area (Å²) in [6.07, 6.45) is 2.64. The number of anilines is 1. The molecule has 1 aromatic rings. The normalized spacial score (nSPS) is 25.3. The lowest BCUT2D eigenvalue weighted by molar-refractivity contribution is -0.124. The topological polar surface area (TPSA) is 79.3 Å². The number of primary amides is 1. The van der Waals surface area contributed by atoms with Crippen molar-refractivity contribution in [1.82, 2.24) is 0 Å². The minimum Gasteiger partial charge on any atom is -0.377 e. The first kappa shape index (κ1) is 16.1. The van der Waals surface area contributed by atoms with Crippen LogP contribution in [0.1, 0.15) is 24.8 Å². The molecule has 2 atom stereocenters. The second kappa shape index (κ2) is 6.77. The molecule has 0 spiro atoms. The summed E-state index contributed by atoms with van der Waals surface area (Å²) in [6, 6.07) is 7.61. The summed E-state index contributed by atoms with van der Waals surface area (Å²) in [4.78, 5) is 13.8. The molecule has 2 fully saturated rings. The van der Waals surface area contributed by atoms with E-state index in [0.717, 1.165) is 38.0 Å². The number of benzene rings is 1. The highest BCUT2D eigenvalue weighted by Gasteiger charge is 2.39. The smallest absolute Gasteiger partial charge is 0.223 e. The van der Waals surface area contributed by atoms with Gasteiger partial charge in [0.15, 0.2) is 0 Å². The number of amides is 1. The van der Waals surface area contributed by atoms with Gasteiger partial charge in [-0.1, -0.05) is 11.6 Å². The number of nitriles is 1. The highest BCUT2D eigenvalue weighted by molar-refractivity contribution is 6.32. The molecule has 0 bridgehead atoms. The minimum atomic E-state index is -0.242. The Morgan fingerprint density at radius 1 is 1.35 bits per heavy atom. The zero-order chi connectivity index (χ0) is 16.4. The van der Waals surface area contributed by atoms with E-state index in [1.165, 1.54) is 0 Å². The molecule has 0 unspecified atom stereocenters. The third kappa shape index (κ3) is 3.29. The minimum absolute atomic E-state index is 0.0285. The summed E-state index contributed by atoms with van der Waals surface area (Å²) in [5, 5.41) is 9.43. The monoisotopic (exact) mass is 333 g/mol. The molecule has 2 heterocycles. The van der Waals surface area contributed by atoms with Gasteiger partial charge in [0.1, 0.15) is 6.07 Å². The fourth-order valence-corrected chi connectivity index (χ4v) is 3.87. The van der Waals surface area contributed by atoms with Crippen molar-refractivity contribution in [2.45, 2.75) is 25.4 Å². The maximum absolute atomic E-state index is 11.5. The van der Waals surface area contributed by atoms with Crippen molar-refractivity contribution in [2.24, 2.45) is 17.6 Å². The molecule has 0 radical (unpaired) electrons. The Morgan fingerprint density at radius 2 is 2.09 bits per heavy atom. The number of carbonyl (C=O) groups excluding carboxylic acids is 1. The van der Waals surface area contributed by atoms with Crippen LogP contribution in [0.4, 0.5) is 5.69 Å². The zero-order valence-electron chi connectivity index (χ0n) is 12.9. The summed E-state index contributed by atoms with van der Waals surface area (Å²) in [7, 11) is 0. The van der Waals surface area contributed by atoms with E-state index in [0.29, 0.717) is 23.1 Å². The maximum atomic E-state index is 11.5. The average molecular weight is 334 g/mol. The largest absolute Gasteiger partial charge is 0.377 e. The SMILES string of the molecule is N#Cc1ccc(N2CCC([C@H]3OCC[C@@H]3C(N)=O)CC2)cc1Cl. The molecule has 2 aliphatic heterocycles. The van der Waals surface area contributed by atoms with Gasteiger partial charge in [0, 0.05) is 25.4 Å². The predicted octanol–water partition coefficient (Wildman–Crippen LogP) is 2.32. The lowest BCUT2D eigenvalue weighted by Crippen LogP contribution is -2.42. The van der Waals surface area contributed by atoms with Crippen molar-refractivity contribution in [3.05, 3.63) is 28.8 Å². The van der Waals surface area contributed by atoms with Gasteiger partial charge < -0.3 is 15.4 Å². The van der Waals surface area contributed by atoms with Gasteiger partial charge in [0.2, 0.25) is 5.91 Å². The Morgan fingerprint density at radius 3 is 2.70 bits per heavy atom. The predicted molar refractivity (Wildman–Crippen MR) is 88.1 cm³/mol.